The van der Waals surface area contributed by atoms with Crippen LogP contribution < -0.4 is 0 Å². The molecule has 4 rings (SSSR count). The zero-order valence-electron chi connectivity index (χ0n) is 14.4. The minimum atomic E-state index is 0.132. The van der Waals surface area contributed by atoms with Crippen molar-refractivity contribution >= 4 is 6.34 Å². The molecule has 124 valence electrons. The lowest BCUT2D eigenvalue weighted by molar-refractivity contribution is 0.310. The van der Waals surface area contributed by atoms with Gasteiger partial charge in [-0.2, -0.15) is 0 Å². The maximum atomic E-state index is 4.87. The minimum absolute atomic E-state index is 0.132. The Labute approximate surface area is 149 Å². The van der Waals surface area contributed by atoms with Crippen LogP contribution >= 0.6 is 0 Å². The number of benzene rings is 3. The molecule has 0 bridgehead atoms. The summed E-state index contributed by atoms with van der Waals surface area (Å²) in [6.45, 7) is 3.05. The second-order valence-corrected chi connectivity index (χ2v) is 6.57. The molecule has 0 aromatic heterocycles. The highest BCUT2D eigenvalue weighted by molar-refractivity contribution is 5.61. The molecule has 0 N–H and O–H groups in total. The summed E-state index contributed by atoms with van der Waals surface area (Å²) in [7, 11) is 0. The molecule has 25 heavy (non-hydrogen) atoms. The van der Waals surface area contributed by atoms with E-state index in [4.69, 9.17) is 4.99 Å². The standard InChI is InChI=1S/C23H22N2/c1-18-10-8-9-15-21(18)16-25-17-24-22(19-11-4-2-5-12-19)23(25)20-13-6-3-7-14-20/h2-15,17,22-23H,16H2,1H3/t22-,23+/m0/s1. The second kappa shape index (κ2) is 6.94. The molecular formula is C23H22N2. The maximum Gasteiger partial charge on any atom is 0.101 e. The zero-order chi connectivity index (χ0) is 17.1. The molecule has 0 saturated heterocycles. The van der Waals surface area contributed by atoms with Crippen LogP contribution in [0.2, 0.25) is 0 Å². The van der Waals surface area contributed by atoms with Crippen LogP contribution in [-0.2, 0) is 6.54 Å². The first-order valence-electron chi connectivity index (χ1n) is 8.76. The summed E-state index contributed by atoms with van der Waals surface area (Å²) in [6.07, 6.45) is 2.03. The van der Waals surface area contributed by atoms with E-state index in [2.05, 4.69) is 96.8 Å². The summed E-state index contributed by atoms with van der Waals surface area (Å²) in [6, 6.07) is 30.3. The molecule has 0 aliphatic carbocycles. The van der Waals surface area contributed by atoms with Gasteiger partial charge in [0.25, 0.3) is 0 Å². The molecule has 0 radical (unpaired) electrons. The van der Waals surface area contributed by atoms with E-state index in [1.165, 1.54) is 22.3 Å². The van der Waals surface area contributed by atoms with E-state index < -0.39 is 0 Å². The number of hydrogen-bond donors (Lipinski definition) is 0. The predicted octanol–water partition coefficient (Wildman–Crippen LogP) is 5.32. The lowest BCUT2D eigenvalue weighted by Gasteiger charge is -2.29. The Morgan fingerprint density at radius 3 is 2.04 bits per heavy atom. The van der Waals surface area contributed by atoms with Crippen molar-refractivity contribution in [2.24, 2.45) is 4.99 Å². The summed E-state index contributed by atoms with van der Waals surface area (Å²) >= 11 is 0. The molecule has 0 amide bonds. The number of hydrogen-bond acceptors (Lipinski definition) is 2. The van der Waals surface area contributed by atoms with Crippen molar-refractivity contribution in [3.63, 3.8) is 0 Å². The molecule has 1 aliphatic rings. The van der Waals surface area contributed by atoms with Crippen molar-refractivity contribution in [3.05, 3.63) is 107 Å². The van der Waals surface area contributed by atoms with Gasteiger partial charge in [0.15, 0.2) is 0 Å². The van der Waals surface area contributed by atoms with E-state index in [0.717, 1.165) is 6.54 Å². The average molecular weight is 326 g/mol. The lowest BCUT2D eigenvalue weighted by atomic mass is 9.93. The molecule has 0 fully saturated rings. The predicted molar refractivity (Wildman–Crippen MR) is 104 cm³/mol. The molecule has 3 aromatic carbocycles. The normalized spacial score (nSPS) is 19.3. The zero-order valence-corrected chi connectivity index (χ0v) is 14.4. The van der Waals surface area contributed by atoms with E-state index in [1.807, 2.05) is 6.34 Å². The molecule has 2 nitrogen and oxygen atoms in total. The molecule has 3 aromatic rings. The highest BCUT2D eigenvalue weighted by atomic mass is 15.2. The van der Waals surface area contributed by atoms with Crippen LogP contribution in [0, 0.1) is 6.92 Å². The van der Waals surface area contributed by atoms with Gasteiger partial charge in [-0.15, -0.1) is 0 Å². The molecule has 0 spiro atoms. The van der Waals surface area contributed by atoms with Crippen molar-refractivity contribution in [2.75, 3.05) is 0 Å². The molecule has 1 heterocycles. The topological polar surface area (TPSA) is 15.6 Å². The maximum absolute atomic E-state index is 4.87. The Morgan fingerprint density at radius 1 is 0.760 bits per heavy atom. The fourth-order valence-electron chi connectivity index (χ4n) is 3.56. The molecular weight excluding hydrogens is 304 g/mol. The van der Waals surface area contributed by atoms with Gasteiger partial charge in [0.1, 0.15) is 6.04 Å². The van der Waals surface area contributed by atoms with Gasteiger partial charge in [0, 0.05) is 6.54 Å². The van der Waals surface area contributed by atoms with Crippen molar-refractivity contribution < 1.29 is 0 Å². The van der Waals surface area contributed by atoms with Gasteiger partial charge in [-0.05, 0) is 29.2 Å². The summed E-state index contributed by atoms with van der Waals surface area (Å²) in [5, 5.41) is 0. The van der Waals surface area contributed by atoms with Gasteiger partial charge in [0.2, 0.25) is 0 Å². The van der Waals surface area contributed by atoms with Gasteiger partial charge in [-0.25, -0.2) is 0 Å². The van der Waals surface area contributed by atoms with E-state index in [1.54, 1.807) is 0 Å². The number of aryl methyl sites for hydroxylation is 1. The SMILES string of the molecule is Cc1ccccc1CN1C=N[C@@H](c2ccccc2)[C@H]1c1ccccc1. The number of nitrogens with zero attached hydrogens (tertiary/aromatic N) is 2. The smallest absolute Gasteiger partial charge is 0.101 e. The highest BCUT2D eigenvalue weighted by Crippen LogP contribution is 2.40. The second-order valence-electron chi connectivity index (χ2n) is 6.57. The Hall–Kier alpha value is -2.87. The van der Waals surface area contributed by atoms with Crippen molar-refractivity contribution in [3.8, 4) is 0 Å². The molecule has 0 unspecified atom stereocenters. The van der Waals surface area contributed by atoms with Crippen LogP contribution in [0.15, 0.2) is 89.9 Å². The third-order valence-corrected chi connectivity index (χ3v) is 4.93. The summed E-state index contributed by atoms with van der Waals surface area (Å²) in [5.74, 6) is 0. The third-order valence-electron chi connectivity index (χ3n) is 4.93. The molecule has 1 aliphatic heterocycles. The first-order chi connectivity index (χ1) is 12.3. The average Bonchev–Trinajstić information content (AvgIpc) is 3.09. The lowest BCUT2D eigenvalue weighted by Crippen LogP contribution is -2.26. The van der Waals surface area contributed by atoms with Gasteiger partial charge >= 0.3 is 0 Å². The molecule has 2 heteroatoms. The van der Waals surface area contributed by atoms with Crippen molar-refractivity contribution in [1.29, 1.82) is 0 Å². The Balaban J connectivity index is 1.69. The largest absolute Gasteiger partial charge is 0.349 e. The fraction of sp³-hybridized carbons (Fsp3) is 0.174. The first-order valence-corrected chi connectivity index (χ1v) is 8.76. The van der Waals surface area contributed by atoms with Gasteiger partial charge < -0.3 is 4.90 Å². The Kier molecular flexibility index (Phi) is 4.34. The first kappa shape index (κ1) is 15.6. The fourth-order valence-corrected chi connectivity index (χ4v) is 3.56. The monoisotopic (exact) mass is 326 g/mol. The van der Waals surface area contributed by atoms with Crippen molar-refractivity contribution in [1.82, 2.24) is 4.90 Å². The molecule has 2 atom stereocenters. The van der Waals surface area contributed by atoms with Crippen LogP contribution in [-0.4, -0.2) is 11.2 Å². The van der Waals surface area contributed by atoms with E-state index in [9.17, 15) is 0 Å². The van der Waals surface area contributed by atoms with Crippen LogP contribution in [0.4, 0.5) is 0 Å². The van der Waals surface area contributed by atoms with E-state index in [-0.39, 0.29) is 12.1 Å². The highest BCUT2D eigenvalue weighted by Gasteiger charge is 2.33. The van der Waals surface area contributed by atoms with Gasteiger partial charge in [-0.1, -0.05) is 84.9 Å². The molecule has 0 saturated carbocycles. The summed E-state index contributed by atoms with van der Waals surface area (Å²) in [4.78, 5) is 7.24. The van der Waals surface area contributed by atoms with E-state index >= 15 is 0 Å². The van der Waals surface area contributed by atoms with Crippen LogP contribution in [0.5, 0.6) is 0 Å². The van der Waals surface area contributed by atoms with Crippen LogP contribution in [0.3, 0.4) is 0 Å². The van der Waals surface area contributed by atoms with Gasteiger partial charge in [-0.3, -0.25) is 4.99 Å². The number of aliphatic imine (C=N–C) groups is 1. The van der Waals surface area contributed by atoms with E-state index in [0.29, 0.717) is 0 Å². The summed E-state index contributed by atoms with van der Waals surface area (Å²) in [5.41, 5.74) is 5.25. The quantitative estimate of drug-likeness (QED) is 0.633. The van der Waals surface area contributed by atoms with Crippen LogP contribution in [0.1, 0.15) is 34.3 Å². The third kappa shape index (κ3) is 3.20. The number of rotatable bonds is 4. The van der Waals surface area contributed by atoms with Crippen molar-refractivity contribution in [2.45, 2.75) is 25.6 Å². The minimum Gasteiger partial charge on any atom is -0.349 e. The van der Waals surface area contributed by atoms with Gasteiger partial charge in [0.05, 0.1) is 12.4 Å². The Morgan fingerprint density at radius 2 is 1.36 bits per heavy atom. The Bertz CT molecular complexity index is 856. The summed E-state index contributed by atoms with van der Waals surface area (Å²) < 4.78 is 0. The van der Waals surface area contributed by atoms with Crippen LogP contribution in [0.25, 0.3) is 0 Å².